The van der Waals surface area contributed by atoms with Crippen LogP contribution in [0.1, 0.15) is 12.8 Å². The third-order valence-electron chi connectivity index (χ3n) is 2.82. The number of fused-ring (bicyclic) bond motifs is 1. The summed E-state index contributed by atoms with van der Waals surface area (Å²) in [5.74, 6) is 0.248. The maximum Gasteiger partial charge on any atom is 0.313 e. The zero-order valence-electron chi connectivity index (χ0n) is 11.6. The predicted molar refractivity (Wildman–Crippen MR) is 88.5 cm³/mol. The van der Waals surface area contributed by atoms with Gasteiger partial charge in [-0.1, -0.05) is 23.4 Å². The molecule has 0 unspecified atom stereocenters. The minimum absolute atomic E-state index is 0.0120. The molecule has 0 saturated carbocycles. The van der Waals surface area contributed by atoms with E-state index in [-0.39, 0.29) is 5.75 Å². The molecule has 0 aromatic carbocycles. The molecular weight excluding hydrogens is 330 g/mol. The number of thioether (sulfide) groups is 2. The number of unbranched alkanes of at least 4 members (excludes halogenated alkanes) is 1. The molecule has 0 radical (unpaired) electrons. The van der Waals surface area contributed by atoms with Crippen molar-refractivity contribution in [3.8, 4) is 0 Å². The van der Waals surface area contributed by atoms with Crippen molar-refractivity contribution in [3.05, 3.63) is 17.3 Å². The lowest BCUT2D eigenvalue weighted by Gasteiger charge is -2.07. The number of carboxylic acids is 1. The van der Waals surface area contributed by atoms with E-state index in [0.29, 0.717) is 15.7 Å². The molecule has 2 rings (SSSR count). The zero-order valence-corrected chi connectivity index (χ0v) is 14.0. The molecule has 0 atom stereocenters. The van der Waals surface area contributed by atoms with Crippen LogP contribution in [-0.2, 0) is 11.3 Å². The van der Waals surface area contributed by atoms with Crippen LogP contribution in [-0.4, -0.2) is 43.4 Å². The number of aryl methyl sites for hydroxylation is 1. The Balaban J connectivity index is 2.23. The van der Waals surface area contributed by atoms with Gasteiger partial charge in [0.1, 0.15) is 5.52 Å². The Morgan fingerprint density at radius 2 is 2.29 bits per heavy atom. The highest BCUT2D eigenvalue weighted by Crippen LogP contribution is 2.25. The Morgan fingerprint density at radius 3 is 3.00 bits per heavy atom. The van der Waals surface area contributed by atoms with Crippen LogP contribution in [0.2, 0.25) is 5.02 Å². The standard InChI is InChI=1S/C13H16ClN3O2S2/c1-20-5-3-2-4-17-12-10(6-9(14)7-15-12)16-13(17)21-8-11(18)19/h6-7H,2-5,8H2,1H3,(H,18,19). The summed E-state index contributed by atoms with van der Waals surface area (Å²) in [5.41, 5.74) is 1.47. The van der Waals surface area contributed by atoms with E-state index in [9.17, 15) is 4.79 Å². The molecular formula is C13H16ClN3O2S2. The van der Waals surface area contributed by atoms with Crippen LogP contribution in [0.4, 0.5) is 0 Å². The Kier molecular flexibility index (Phi) is 6.20. The molecule has 2 aromatic heterocycles. The van der Waals surface area contributed by atoms with Crippen molar-refractivity contribution in [2.45, 2.75) is 24.5 Å². The van der Waals surface area contributed by atoms with E-state index in [0.717, 1.165) is 30.8 Å². The minimum Gasteiger partial charge on any atom is -0.481 e. The van der Waals surface area contributed by atoms with E-state index >= 15 is 0 Å². The fourth-order valence-corrected chi connectivity index (χ4v) is 3.31. The van der Waals surface area contributed by atoms with Crippen molar-refractivity contribution >= 4 is 52.3 Å². The molecule has 0 fully saturated rings. The Hall–Kier alpha value is -0.920. The van der Waals surface area contributed by atoms with Crippen molar-refractivity contribution in [1.29, 1.82) is 0 Å². The monoisotopic (exact) mass is 345 g/mol. The molecule has 21 heavy (non-hydrogen) atoms. The van der Waals surface area contributed by atoms with Gasteiger partial charge < -0.3 is 9.67 Å². The number of halogens is 1. The number of aliphatic carboxylic acids is 1. The molecule has 0 amide bonds. The van der Waals surface area contributed by atoms with Crippen molar-refractivity contribution in [3.63, 3.8) is 0 Å². The van der Waals surface area contributed by atoms with E-state index in [1.54, 1.807) is 12.3 Å². The van der Waals surface area contributed by atoms with E-state index in [4.69, 9.17) is 16.7 Å². The first-order valence-electron chi connectivity index (χ1n) is 6.47. The maximum absolute atomic E-state index is 10.8. The lowest BCUT2D eigenvalue weighted by molar-refractivity contribution is -0.133. The number of rotatable bonds is 8. The van der Waals surface area contributed by atoms with E-state index in [1.807, 2.05) is 16.3 Å². The van der Waals surface area contributed by atoms with Crippen LogP contribution >= 0.6 is 35.1 Å². The molecule has 0 spiro atoms. The van der Waals surface area contributed by atoms with Gasteiger partial charge >= 0.3 is 5.97 Å². The largest absolute Gasteiger partial charge is 0.481 e. The molecule has 5 nitrogen and oxygen atoms in total. The van der Waals surface area contributed by atoms with Crippen LogP contribution in [0.5, 0.6) is 0 Å². The number of carbonyl (C=O) groups is 1. The second-order valence-corrected chi connectivity index (χ2v) is 6.79. The van der Waals surface area contributed by atoms with E-state index in [1.165, 1.54) is 11.8 Å². The molecule has 2 aromatic rings. The summed E-state index contributed by atoms with van der Waals surface area (Å²) in [6.07, 6.45) is 5.80. The summed E-state index contributed by atoms with van der Waals surface area (Å²) in [7, 11) is 0. The second kappa shape index (κ2) is 7.91. The smallest absolute Gasteiger partial charge is 0.313 e. The SMILES string of the molecule is CSCCCCn1c(SCC(=O)O)nc2cc(Cl)cnc21. The Labute approximate surface area is 136 Å². The fraction of sp³-hybridized carbons (Fsp3) is 0.462. The highest BCUT2D eigenvalue weighted by atomic mass is 35.5. The van der Waals surface area contributed by atoms with Crippen molar-refractivity contribution in [2.75, 3.05) is 17.8 Å². The van der Waals surface area contributed by atoms with Gasteiger partial charge in [0.05, 0.1) is 10.8 Å². The topological polar surface area (TPSA) is 68.0 Å². The van der Waals surface area contributed by atoms with Gasteiger partial charge in [-0.2, -0.15) is 11.8 Å². The number of carboxylic acid groups (broad SMARTS) is 1. The van der Waals surface area contributed by atoms with Gasteiger partial charge in [-0.25, -0.2) is 9.97 Å². The van der Waals surface area contributed by atoms with Crippen molar-refractivity contribution < 1.29 is 9.90 Å². The molecule has 8 heteroatoms. The summed E-state index contributed by atoms with van der Waals surface area (Å²) in [4.78, 5) is 19.5. The Bertz CT molecular complexity index is 633. The summed E-state index contributed by atoms with van der Waals surface area (Å²) in [6, 6.07) is 1.76. The zero-order chi connectivity index (χ0) is 15.2. The van der Waals surface area contributed by atoms with Gasteiger partial charge in [0.2, 0.25) is 0 Å². The molecule has 114 valence electrons. The number of pyridine rings is 1. The quantitative estimate of drug-likeness (QED) is 0.584. The van der Waals surface area contributed by atoms with Gasteiger partial charge in [0.25, 0.3) is 0 Å². The van der Waals surface area contributed by atoms with Crippen LogP contribution < -0.4 is 0 Å². The average molecular weight is 346 g/mol. The van der Waals surface area contributed by atoms with Crippen LogP contribution in [0.3, 0.4) is 0 Å². The first-order chi connectivity index (χ1) is 10.1. The van der Waals surface area contributed by atoms with Gasteiger partial charge in [-0.15, -0.1) is 0 Å². The number of imidazole rings is 1. The number of hydrogen-bond donors (Lipinski definition) is 1. The van der Waals surface area contributed by atoms with Crippen LogP contribution in [0.25, 0.3) is 11.2 Å². The highest BCUT2D eigenvalue weighted by molar-refractivity contribution is 7.99. The maximum atomic E-state index is 10.8. The molecule has 0 saturated heterocycles. The van der Waals surface area contributed by atoms with Crippen LogP contribution in [0, 0.1) is 0 Å². The third kappa shape index (κ3) is 4.52. The summed E-state index contributed by atoms with van der Waals surface area (Å²) < 4.78 is 1.99. The van der Waals surface area contributed by atoms with Crippen molar-refractivity contribution in [1.82, 2.24) is 14.5 Å². The molecule has 2 heterocycles. The molecule has 0 aliphatic carbocycles. The minimum atomic E-state index is -0.855. The number of aromatic nitrogens is 3. The first-order valence-corrected chi connectivity index (χ1v) is 9.23. The first kappa shape index (κ1) is 16.5. The summed E-state index contributed by atoms with van der Waals surface area (Å²) in [5, 5.41) is 10.1. The lowest BCUT2D eigenvalue weighted by atomic mass is 10.3. The lowest BCUT2D eigenvalue weighted by Crippen LogP contribution is -2.04. The predicted octanol–water partition coefficient (Wildman–Crippen LogP) is 3.40. The number of hydrogen-bond acceptors (Lipinski definition) is 5. The Morgan fingerprint density at radius 1 is 1.48 bits per heavy atom. The molecule has 0 bridgehead atoms. The van der Waals surface area contributed by atoms with Gasteiger partial charge in [-0.05, 0) is 30.9 Å². The van der Waals surface area contributed by atoms with Gasteiger partial charge in [-0.3, -0.25) is 4.79 Å². The van der Waals surface area contributed by atoms with Gasteiger partial charge in [0, 0.05) is 12.7 Å². The molecule has 1 N–H and O–H groups in total. The average Bonchev–Trinajstić information content (AvgIpc) is 2.78. The third-order valence-corrected chi connectivity index (χ3v) is 4.69. The number of nitrogens with zero attached hydrogens (tertiary/aromatic N) is 3. The van der Waals surface area contributed by atoms with Crippen molar-refractivity contribution in [2.24, 2.45) is 0 Å². The molecule has 0 aliphatic heterocycles. The van der Waals surface area contributed by atoms with E-state index < -0.39 is 5.97 Å². The summed E-state index contributed by atoms with van der Waals surface area (Å²) >= 11 is 8.97. The summed E-state index contributed by atoms with van der Waals surface area (Å²) in [6.45, 7) is 0.785. The van der Waals surface area contributed by atoms with Crippen LogP contribution in [0.15, 0.2) is 17.4 Å². The van der Waals surface area contributed by atoms with Gasteiger partial charge in [0.15, 0.2) is 10.8 Å². The highest BCUT2D eigenvalue weighted by Gasteiger charge is 2.14. The van der Waals surface area contributed by atoms with E-state index in [2.05, 4.69) is 16.2 Å². The fourth-order valence-electron chi connectivity index (χ4n) is 1.92. The normalized spacial score (nSPS) is 11.1. The second-order valence-electron chi connectivity index (χ2n) is 4.42. The molecule has 0 aliphatic rings.